The summed E-state index contributed by atoms with van der Waals surface area (Å²) < 4.78 is 54.6. The van der Waals surface area contributed by atoms with Gasteiger partial charge in [0, 0.05) is 18.2 Å². The first-order chi connectivity index (χ1) is 13.3. The van der Waals surface area contributed by atoms with Crippen LogP contribution in [0.2, 0.25) is 0 Å². The summed E-state index contributed by atoms with van der Waals surface area (Å²) in [6.45, 7) is 0.258. The standard InChI is InChI=1S/C19H16F3NO5/c20-19(21,22)14-5-2-1-4-13(14)18(25)28-11-17(24)23-12-6-7-15-16(10-12)27-9-3-8-26-15/h1-2,4-7,10H,3,8-9,11H2,(H,23,24). The molecule has 1 amide bonds. The maximum atomic E-state index is 13.0. The molecule has 6 nitrogen and oxygen atoms in total. The van der Waals surface area contributed by atoms with E-state index >= 15 is 0 Å². The van der Waals surface area contributed by atoms with Crippen molar-refractivity contribution in [2.75, 3.05) is 25.1 Å². The van der Waals surface area contributed by atoms with E-state index < -0.39 is 35.8 Å². The fourth-order valence-electron chi connectivity index (χ4n) is 2.56. The highest BCUT2D eigenvalue weighted by atomic mass is 19.4. The molecule has 0 radical (unpaired) electrons. The van der Waals surface area contributed by atoms with Crippen molar-refractivity contribution in [3.8, 4) is 11.5 Å². The molecule has 148 valence electrons. The van der Waals surface area contributed by atoms with Gasteiger partial charge in [-0.15, -0.1) is 0 Å². The molecule has 28 heavy (non-hydrogen) atoms. The van der Waals surface area contributed by atoms with Crippen LogP contribution in [0.1, 0.15) is 22.3 Å². The van der Waals surface area contributed by atoms with Crippen LogP contribution >= 0.6 is 0 Å². The number of alkyl halides is 3. The van der Waals surface area contributed by atoms with Gasteiger partial charge in [0.1, 0.15) is 0 Å². The molecule has 0 atom stereocenters. The Bertz CT molecular complexity index is 882. The van der Waals surface area contributed by atoms with Crippen LogP contribution in [0.25, 0.3) is 0 Å². The minimum atomic E-state index is -4.71. The summed E-state index contributed by atoms with van der Waals surface area (Å²) in [4.78, 5) is 23.9. The third-order valence-corrected chi connectivity index (χ3v) is 3.82. The number of nitrogens with one attached hydrogen (secondary N) is 1. The van der Waals surface area contributed by atoms with Crippen molar-refractivity contribution >= 4 is 17.6 Å². The summed E-state index contributed by atoms with van der Waals surface area (Å²) >= 11 is 0. The normalized spacial score (nSPS) is 13.4. The van der Waals surface area contributed by atoms with E-state index in [0.717, 1.165) is 24.6 Å². The fraction of sp³-hybridized carbons (Fsp3) is 0.263. The highest BCUT2D eigenvalue weighted by Crippen LogP contribution is 2.33. The largest absolute Gasteiger partial charge is 0.490 e. The third-order valence-electron chi connectivity index (χ3n) is 3.82. The number of benzene rings is 2. The zero-order valence-corrected chi connectivity index (χ0v) is 14.5. The lowest BCUT2D eigenvalue weighted by Crippen LogP contribution is -2.22. The Hall–Kier alpha value is -3.23. The van der Waals surface area contributed by atoms with Gasteiger partial charge in [-0.25, -0.2) is 4.79 Å². The Morgan fingerprint density at radius 1 is 1.04 bits per heavy atom. The quantitative estimate of drug-likeness (QED) is 0.800. The number of carbonyl (C=O) groups is 2. The Labute approximate surface area is 158 Å². The number of fused-ring (bicyclic) bond motifs is 1. The van der Waals surface area contributed by atoms with Gasteiger partial charge in [-0.05, 0) is 24.3 Å². The molecule has 1 aliphatic rings. The van der Waals surface area contributed by atoms with E-state index in [1.807, 2.05) is 0 Å². The molecular formula is C19H16F3NO5. The maximum absolute atomic E-state index is 13.0. The Morgan fingerprint density at radius 3 is 2.50 bits per heavy atom. The number of carbonyl (C=O) groups excluding carboxylic acids is 2. The van der Waals surface area contributed by atoms with Crippen molar-refractivity contribution in [2.45, 2.75) is 12.6 Å². The van der Waals surface area contributed by atoms with Gasteiger partial charge in [-0.3, -0.25) is 4.79 Å². The number of esters is 1. The zero-order valence-electron chi connectivity index (χ0n) is 14.5. The molecule has 1 aliphatic heterocycles. The molecule has 2 aromatic carbocycles. The fourth-order valence-corrected chi connectivity index (χ4v) is 2.56. The molecule has 1 heterocycles. The van der Waals surface area contributed by atoms with Crippen molar-refractivity contribution in [1.29, 1.82) is 0 Å². The van der Waals surface area contributed by atoms with Gasteiger partial charge in [0.05, 0.1) is 24.3 Å². The lowest BCUT2D eigenvalue weighted by molar-refractivity contribution is -0.138. The van der Waals surface area contributed by atoms with Crippen molar-refractivity contribution in [3.05, 3.63) is 53.6 Å². The lowest BCUT2D eigenvalue weighted by Gasteiger charge is -2.12. The zero-order chi connectivity index (χ0) is 20.1. The van der Waals surface area contributed by atoms with Crippen molar-refractivity contribution < 1.29 is 37.0 Å². The summed E-state index contributed by atoms with van der Waals surface area (Å²) in [7, 11) is 0. The van der Waals surface area contributed by atoms with Crippen molar-refractivity contribution in [2.24, 2.45) is 0 Å². The first-order valence-corrected chi connectivity index (χ1v) is 8.37. The second-order valence-corrected chi connectivity index (χ2v) is 5.88. The average molecular weight is 395 g/mol. The van der Waals surface area contributed by atoms with E-state index in [2.05, 4.69) is 5.32 Å². The number of ether oxygens (including phenoxy) is 3. The monoisotopic (exact) mass is 395 g/mol. The van der Waals surface area contributed by atoms with Gasteiger partial charge in [0.15, 0.2) is 18.1 Å². The van der Waals surface area contributed by atoms with Crippen molar-refractivity contribution in [1.82, 2.24) is 0 Å². The van der Waals surface area contributed by atoms with Crippen LogP contribution in [0, 0.1) is 0 Å². The Balaban J connectivity index is 1.61. The predicted octanol–water partition coefficient (Wildman–Crippen LogP) is 3.66. The van der Waals surface area contributed by atoms with Gasteiger partial charge in [0.25, 0.3) is 5.91 Å². The van der Waals surface area contributed by atoms with Crippen LogP contribution in [-0.4, -0.2) is 31.7 Å². The minimum absolute atomic E-state index is 0.376. The summed E-state index contributed by atoms with van der Waals surface area (Å²) in [5.41, 5.74) is -1.40. The molecule has 9 heteroatoms. The van der Waals surface area contributed by atoms with Crippen LogP contribution in [0.4, 0.5) is 18.9 Å². The molecule has 0 aliphatic carbocycles. The number of amides is 1. The molecular weight excluding hydrogens is 379 g/mol. The third kappa shape index (κ3) is 4.73. The first-order valence-electron chi connectivity index (χ1n) is 8.37. The van der Waals surface area contributed by atoms with Gasteiger partial charge in [0.2, 0.25) is 0 Å². The van der Waals surface area contributed by atoms with Crippen LogP contribution < -0.4 is 14.8 Å². The van der Waals surface area contributed by atoms with Crippen LogP contribution in [-0.2, 0) is 15.7 Å². The maximum Gasteiger partial charge on any atom is 0.417 e. The van der Waals surface area contributed by atoms with E-state index in [1.165, 1.54) is 6.07 Å². The predicted molar refractivity (Wildman–Crippen MR) is 92.4 cm³/mol. The van der Waals surface area contributed by atoms with Gasteiger partial charge >= 0.3 is 12.1 Å². The number of hydrogen-bond donors (Lipinski definition) is 1. The summed E-state index contributed by atoms with van der Waals surface area (Å²) in [6, 6.07) is 8.97. The van der Waals surface area contributed by atoms with Crippen LogP contribution in [0.5, 0.6) is 11.5 Å². The second-order valence-electron chi connectivity index (χ2n) is 5.88. The van der Waals surface area contributed by atoms with Crippen molar-refractivity contribution in [3.63, 3.8) is 0 Å². The number of rotatable bonds is 4. The molecule has 0 unspecified atom stereocenters. The van der Waals surface area contributed by atoms with E-state index in [-0.39, 0.29) is 0 Å². The number of anilines is 1. The smallest absolute Gasteiger partial charge is 0.417 e. The second kappa shape index (κ2) is 8.20. The SMILES string of the molecule is O=C(COC(=O)c1ccccc1C(F)(F)F)Nc1ccc2c(c1)OCCCO2. The van der Waals surface area contributed by atoms with Crippen LogP contribution in [0.3, 0.4) is 0 Å². The molecule has 0 fully saturated rings. The van der Waals surface area contributed by atoms with E-state index in [9.17, 15) is 22.8 Å². The van der Waals surface area contributed by atoms with E-state index in [0.29, 0.717) is 30.4 Å². The van der Waals surface area contributed by atoms with Gasteiger partial charge < -0.3 is 19.5 Å². The Kier molecular flexibility index (Phi) is 5.72. The van der Waals surface area contributed by atoms with E-state index in [1.54, 1.807) is 18.2 Å². The van der Waals surface area contributed by atoms with Gasteiger partial charge in [-0.1, -0.05) is 12.1 Å². The number of hydrogen-bond acceptors (Lipinski definition) is 5. The topological polar surface area (TPSA) is 73.9 Å². The molecule has 3 rings (SSSR count). The molecule has 0 bridgehead atoms. The minimum Gasteiger partial charge on any atom is -0.490 e. The summed E-state index contributed by atoms with van der Waals surface area (Å²) in [5, 5.41) is 2.49. The molecule has 0 spiro atoms. The highest BCUT2D eigenvalue weighted by Gasteiger charge is 2.35. The summed E-state index contributed by atoms with van der Waals surface area (Å²) in [6.07, 6.45) is -3.98. The Morgan fingerprint density at radius 2 is 1.75 bits per heavy atom. The number of halogens is 3. The summed E-state index contributed by atoms with van der Waals surface area (Å²) in [5.74, 6) is -0.925. The molecule has 0 aromatic heterocycles. The first kappa shape index (κ1) is 19.5. The van der Waals surface area contributed by atoms with Gasteiger partial charge in [-0.2, -0.15) is 13.2 Å². The molecule has 0 saturated heterocycles. The van der Waals surface area contributed by atoms with Crippen LogP contribution in [0.15, 0.2) is 42.5 Å². The highest BCUT2D eigenvalue weighted by molar-refractivity contribution is 5.96. The molecule has 0 saturated carbocycles. The molecule has 1 N–H and O–H groups in total. The average Bonchev–Trinajstić information content (AvgIpc) is 2.90. The van der Waals surface area contributed by atoms with E-state index in [4.69, 9.17) is 14.2 Å². The molecule has 2 aromatic rings. The lowest BCUT2D eigenvalue weighted by atomic mass is 10.1.